The molecule has 1 aromatic rings. The minimum Gasteiger partial charge on any atom is -0.482 e. The van der Waals surface area contributed by atoms with Gasteiger partial charge in [-0.3, -0.25) is 0 Å². The Bertz CT molecular complexity index is 535. The summed E-state index contributed by atoms with van der Waals surface area (Å²) in [5, 5.41) is 11.5. The first kappa shape index (κ1) is 19.0. The van der Waals surface area contributed by atoms with Crippen LogP contribution in [0.5, 0.6) is 5.75 Å². The van der Waals surface area contributed by atoms with Crippen molar-refractivity contribution in [3.63, 3.8) is 0 Å². The maximum atomic E-state index is 13.2. The van der Waals surface area contributed by atoms with Crippen molar-refractivity contribution in [1.29, 1.82) is 0 Å². The summed E-state index contributed by atoms with van der Waals surface area (Å²) in [6, 6.07) is 2.25. The Hall–Kier alpha value is -2.03. The highest BCUT2D eigenvalue weighted by Gasteiger charge is 2.29. The number of nitrogens with zero attached hydrogens (tertiary/aromatic N) is 1. The van der Waals surface area contributed by atoms with Crippen LogP contribution in [-0.2, 0) is 0 Å². The second-order valence-electron chi connectivity index (χ2n) is 5.03. The number of rotatable bonds is 6. The number of alkyl halides is 3. The van der Waals surface area contributed by atoms with Crippen LogP contribution in [-0.4, -0.2) is 48.5 Å². The molecule has 1 rings (SSSR count). The molecule has 0 heterocycles. The Morgan fingerprint density at radius 1 is 1.43 bits per heavy atom. The van der Waals surface area contributed by atoms with Gasteiger partial charge in [-0.2, -0.15) is 13.2 Å². The van der Waals surface area contributed by atoms with Crippen molar-refractivity contribution >= 4 is 11.7 Å². The summed E-state index contributed by atoms with van der Waals surface area (Å²) in [4.78, 5) is 13.2. The lowest BCUT2D eigenvalue weighted by Crippen LogP contribution is -2.33. The minimum absolute atomic E-state index is 0.0791. The Morgan fingerprint density at radius 3 is 2.65 bits per heavy atom. The SMILES string of the molecule is CC(O)CCN(C)C(=O)Nc1ccc(F)cc1OCC(F)(F)F. The fourth-order valence-electron chi connectivity index (χ4n) is 1.57. The van der Waals surface area contributed by atoms with Crippen LogP contribution in [0.4, 0.5) is 28.0 Å². The van der Waals surface area contributed by atoms with Gasteiger partial charge < -0.3 is 20.1 Å². The van der Waals surface area contributed by atoms with Gasteiger partial charge in [-0.05, 0) is 25.5 Å². The molecule has 0 aliphatic carbocycles. The maximum Gasteiger partial charge on any atom is 0.422 e. The lowest BCUT2D eigenvalue weighted by atomic mass is 10.2. The van der Waals surface area contributed by atoms with E-state index in [2.05, 4.69) is 10.1 Å². The van der Waals surface area contributed by atoms with E-state index in [1.807, 2.05) is 0 Å². The van der Waals surface area contributed by atoms with Crippen molar-refractivity contribution < 1.29 is 32.2 Å². The van der Waals surface area contributed by atoms with Crippen LogP contribution in [0.3, 0.4) is 0 Å². The van der Waals surface area contributed by atoms with Crippen molar-refractivity contribution in [2.45, 2.75) is 25.6 Å². The number of nitrogens with one attached hydrogen (secondary N) is 1. The Balaban J connectivity index is 2.76. The first-order chi connectivity index (χ1) is 10.6. The highest BCUT2D eigenvalue weighted by molar-refractivity contribution is 5.90. The monoisotopic (exact) mass is 338 g/mol. The molecule has 5 nitrogen and oxygen atoms in total. The molecule has 2 N–H and O–H groups in total. The number of anilines is 1. The van der Waals surface area contributed by atoms with E-state index in [1.54, 1.807) is 6.92 Å². The number of aliphatic hydroxyl groups excluding tert-OH is 1. The maximum absolute atomic E-state index is 13.2. The van der Waals surface area contributed by atoms with E-state index in [9.17, 15) is 22.4 Å². The number of urea groups is 1. The van der Waals surface area contributed by atoms with Crippen LogP contribution in [0.2, 0.25) is 0 Å². The largest absolute Gasteiger partial charge is 0.482 e. The van der Waals surface area contributed by atoms with Gasteiger partial charge in [-0.15, -0.1) is 0 Å². The summed E-state index contributed by atoms with van der Waals surface area (Å²) in [6.45, 7) is 0.204. The lowest BCUT2D eigenvalue weighted by Gasteiger charge is -2.20. The van der Waals surface area contributed by atoms with Gasteiger partial charge >= 0.3 is 12.2 Å². The number of ether oxygens (including phenoxy) is 1. The Kier molecular flexibility index (Phi) is 6.62. The topological polar surface area (TPSA) is 61.8 Å². The second kappa shape index (κ2) is 8.00. The molecule has 23 heavy (non-hydrogen) atoms. The third kappa shape index (κ3) is 7.18. The van der Waals surface area contributed by atoms with E-state index in [4.69, 9.17) is 5.11 Å². The molecule has 0 saturated heterocycles. The summed E-state index contributed by atoms with van der Waals surface area (Å²) in [5.41, 5.74) is -0.0791. The number of carbonyl (C=O) groups is 1. The van der Waals surface area contributed by atoms with Crippen LogP contribution in [0, 0.1) is 5.82 Å². The van der Waals surface area contributed by atoms with E-state index in [0.29, 0.717) is 6.42 Å². The zero-order valence-electron chi connectivity index (χ0n) is 12.7. The number of amides is 2. The van der Waals surface area contributed by atoms with Gasteiger partial charge in [0.1, 0.15) is 11.6 Å². The third-order valence-corrected chi connectivity index (χ3v) is 2.81. The number of halogens is 4. The third-order valence-electron chi connectivity index (χ3n) is 2.81. The molecule has 0 saturated carbocycles. The highest BCUT2D eigenvalue weighted by Crippen LogP contribution is 2.27. The second-order valence-corrected chi connectivity index (χ2v) is 5.03. The van der Waals surface area contributed by atoms with Gasteiger partial charge in [0.05, 0.1) is 11.8 Å². The first-order valence-electron chi connectivity index (χ1n) is 6.78. The Morgan fingerprint density at radius 2 is 2.09 bits per heavy atom. The fourth-order valence-corrected chi connectivity index (χ4v) is 1.57. The number of benzene rings is 1. The summed E-state index contributed by atoms with van der Waals surface area (Å²) in [6.07, 6.45) is -4.84. The van der Waals surface area contributed by atoms with Crippen LogP contribution in [0.1, 0.15) is 13.3 Å². The van der Waals surface area contributed by atoms with E-state index in [0.717, 1.165) is 18.2 Å². The van der Waals surface area contributed by atoms with Crippen LogP contribution in [0.15, 0.2) is 18.2 Å². The molecule has 1 aromatic carbocycles. The fraction of sp³-hybridized carbons (Fsp3) is 0.500. The minimum atomic E-state index is -4.58. The Labute approximate surface area is 130 Å². The van der Waals surface area contributed by atoms with Crippen LogP contribution in [0.25, 0.3) is 0 Å². The standard InChI is InChI=1S/C14H18F4N2O3/c1-9(21)5-6-20(2)13(22)19-11-4-3-10(15)7-12(11)23-8-14(16,17)18/h3-4,7,9,21H,5-6,8H2,1-2H3,(H,19,22). The lowest BCUT2D eigenvalue weighted by molar-refractivity contribution is -0.153. The molecular weight excluding hydrogens is 320 g/mol. The van der Waals surface area contributed by atoms with Crippen LogP contribution >= 0.6 is 0 Å². The normalized spacial score (nSPS) is 12.7. The molecule has 130 valence electrons. The molecule has 1 unspecified atom stereocenters. The molecule has 1 atom stereocenters. The molecular formula is C14H18F4N2O3. The first-order valence-corrected chi connectivity index (χ1v) is 6.78. The highest BCUT2D eigenvalue weighted by atomic mass is 19.4. The molecule has 0 bridgehead atoms. The van der Waals surface area contributed by atoms with Gasteiger partial charge in [-0.25, -0.2) is 9.18 Å². The van der Waals surface area contributed by atoms with Crippen LogP contribution < -0.4 is 10.1 Å². The van der Waals surface area contributed by atoms with E-state index < -0.39 is 36.5 Å². The van der Waals surface area contributed by atoms with Crippen molar-refractivity contribution in [3.05, 3.63) is 24.0 Å². The smallest absolute Gasteiger partial charge is 0.422 e. The molecule has 0 aliphatic heterocycles. The molecule has 0 aromatic heterocycles. The molecule has 0 radical (unpaired) electrons. The van der Waals surface area contributed by atoms with Gasteiger partial charge in [-0.1, -0.05) is 0 Å². The molecule has 0 aliphatic rings. The molecule has 2 amide bonds. The van der Waals surface area contributed by atoms with Gasteiger partial charge in [0.25, 0.3) is 0 Å². The van der Waals surface area contributed by atoms with Gasteiger partial charge in [0, 0.05) is 19.7 Å². The van der Waals surface area contributed by atoms with Gasteiger partial charge in [0.2, 0.25) is 0 Å². The number of aliphatic hydroxyl groups is 1. The summed E-state index contributed by atoms with van der Waals surface area (Å²) in [7, 11) is 1.46. The average molecular weight is 338 g/mol. The summed E-state index contributed by atoms with van der Waals surface area (Å²) >= 11 is 0. The van der Waals surface area contributed by atoms with Crippen molar-refractivity contribution in [2.75, 3.05) is 25.5 Å². The average Bonchev–Trinajstić information content (AvgIpc) is 2.43. The predicted molar refractivity (Wildman–Crippen MR) is 75.9 cm³/mol. The van der Waals surface area contributed by atoms with Crippen molar-refractivity contribution in [3.8, 4) is 5.75 Å². The van der Waals surface area contributed by atoms with Crippen molar-refractivity contribution in [2.24, 2.45) is 0 Å². The zero-order chi connectivity index (χ0) is 17.6. The van der Waals surface area contributed by atoms with Crippen molar-refractivity contribution in [1.82, 2.24) is 4.90 Å². The number of hydrogen-bond acceptors (Lipinski definition) is 3. The number of carbonyl (C=O) groups excluding carboxylic acids is 1. The molecule has 0 fully saturated rings. The summed E-state index contributed by atoms with van der Waals surface area (Å²) in [5.74, 6) is -1.21. The molecule has 0 spiro atoms. The molecule has 9 heteroatoms. The van der Waals surface area contributed by atoms with Gasteiger partial charge in [0.15, 0.2) is 6.61 Å². The zero-order valence-corrected chi connectivity index (χ0v) is 12.7. The number of hydrogen-bond donors (Lipinski definition) is 2. The predicted octanol–water partition coefficient (Wildman–Crippen LogP) is 3.00. The van der Waals surface area contributed by atoms with E-state index in [-0.39, 0.29) is 12.2 Å². The van der Waals surface area contributed by atoms with E-state index in [1.165, 1.54) is 11.9 Å². The quantitative estimate of drug-likeness (QED) is 0.784. The van der Waals surface area contributed by atoms with E-state index >= 15 is 0 Å². The summed E-state index contributed by atoms with van der Waals surface area (Å²) < 4.78 is 54.3.